The topological polar surface area (TPSA) is 193 Å². The number of piperidine rings is 3. The molecule has 62 heavy (non-hydrogen) atoms. The first-order valence-corrected chi connectivity index (χ1v) is 23.6. The highest BCUT2D eigenvalue weighted by atomic mass is 32.2. The number of amides is 3. The van der Waals surface area contributed by atoms with Crippen LogP contribution in [0.3, 0.4) is 0 Å². The van der Waals surface area contributed by atoms with Crippen LogP contribution in [0.15, 0.2) is 79.0 Å². The largest absolute Gasteiger partial charge is 0.374 e. The van der Waals surface area contributed by atoms with E-state index in [2.05, 4.69) is 54.5 Å². The normalized spacial score (nSPS) is 17.8. The minimum atomic E-state index is -3.73. The SMILES string of the molecule is CCCS(=O)(=O)Nc1cccc(-c2nc(-c3ccc(C4CCN(C(=O)CC5CCN(c6ccc(N[C@H]7CCC(=O)NC7=O)cc6)CC5)CC4)cc3)sc2-c2ccnc(N)n2)c1F. The molecule has 3 aromatic carbocycles. The summed E-state index contributed by atoms with van der Waals surface area (Å²) >= 11 is 1.34. The Labute approximate surface area is 364 Å². The molecule has 324 valence electrons. The number of sulfonamides is 1. The number of carbonyl (C=O) groups excluding carboxylic acids is 3. The second-order valence-corrected chi connectivity index (χ2v) is 19.0. The van der Waals surface area contributed by atoms with Gasteiger partial charge < -0.3 is 20.9 Å². The quantitative estimate of drug-likeness (QED) is 0.0888. The molecule has 3 amide bonds. The molecule has 5 heterocycles. The van der Waals surface area contributed by atoms with Crippen molar-refractivity contribution in [3.63, 3.8) is 0 Å². The van der Waals surface area contributed by atoms with Gasteiger partial charge in [-0.25, -0.2) is 27.8 Å². The number of rotatable bonds is 13. The minimum Gasteiger partial charge on any atom is -0.374 e. The van der Waals surface area contributed by atoms with Crippen molar-refractivity contribution in [2.75, 3.05) is 52.6 Å². The van der Waals surface area contributed by atoms with Gasteiger partial charge in [-0.1, -0.05) is 37.3 Å². The molecular formula is C45H50FN9O5S2. The second kappa shape index (κ2) is 18.6. The van der Waals surface area contributed by atoms with Crippen LogP contribution in [0.1, 0.15) is 69.8 Å². The lowest BCUT2D eigenvalue weighted by Crippen LogP contribution is -2.47. The number of thiazole rings is 1. The summed E-state index contributed by atoms with van der Waals surface area (Å²) in [6, 6.07) is 22.1. The molecule has 0 radical (unpaired) electrons. The van der Waals surface area contributed by atoms with E-state index in [0.29, 0.717) is 71.9 Å². The Morgan fingerprint density at radius 1 is 0.935 bits per heavy atom. The molecule has 3 aliphatic rings. The van der Waals surface area contributed by atoms with E-state index in [1.165, 1.54) is 29.2 Å². The zero-order valence-electron chi connectivity index (χ0n) is 34.5. The van der Waals surface area contributed by atoms with Gasteiger partial charge in [0.1, 0.15) is 11.0 Å². The molecular weight excluding hydrogens is 830 g/mol. The molecule has 0 saturated carbocycles. The molecule has 2 aromatic heterocycles. The smallest absolute Gasteiger partial charge is 0.249 e. The third-order valence-electron chi connectivity index (χ3n) is 11.9. The number of aromatic nitrogens is 3. The average molecular weight is 880 g/mol. The van der Waals surface area contributed by atoms with Gasteiger partial charge in [0.2, 0.25) is 33.7 Å². The van der Waals surface area contributed by atoms with Crippen LogP contribution in [-0.2, 0) is 24.4 Å². The zero-order chi connectivity index (χ0) is 43.4. The van der Waals surface area contributed by atoms with E-state index in [1.807, 2.05) is 29.2 Å². The third kappa shape index (κ3) is 9.89. The van der Waals surface area contributed by atoms with Crippen molar-refractivity contribution >= 4 is 62.1 Å². The number of imide groups is 1. The van der Waals surface area contributed by atoms with Crippen LogP contribution in [0.5, 0.6) is 0 Å². The van der Waals surface area contributed by atoms with E-state index in [9.17, 15) is 22.8 Å². The van der Waals surface area contributed by atoms with Gasteiger partial charge in [-0.15, -0.1) is 11.3 Å². The predicted octanol–water partition coefficient (Wildman–Crippen LogP) is 7.04. The molecule has 8 rings (SSSR count). The summed E-state index contributed by atoms with van der Waals surface area (Å²) in [7, 11) is -3.73. The van der Waals surface area contributed by atoms with E-state index in [1.54, 1.807) is 25.1 Å². The van der Waals surface area contributed by atoms with Crippen LogP contribution in [0, 0.1) is 11.7 Å². The first kappa shape index (κ1) is 42.7. The number of nitrogen functional groups attached to an aromatic ring is 1. The van der Waals surface area contributed by atoms with Crippen molar-refractivity contribution in [1.29, 1.82) is 0 Å². The Hall–Kier alpha value is -5.94. The van der Waals surface area contributed by atoms with Crippen molar-refractivity contribution in [1.82, 2.24) is 25.2 Å². The molecule has 0 bridgehead atoms. The molecule has 0 spiro atoms. The first-order valence-electron chi connectivity index (χ1n) is 21.2. The number of benzene rings is 3. The monoisotopic (exact) mass is 879 g/mol. The number of hydrogen-bond acceptors (Lipinski definition) is 12. The van der Waals surface area contributed by atoms with Crippen LogP contribution < -0.4 is 26.0 Å². The third-order valence-corrected chi connectivity index (χ3v) is 14.5. The number of hydrogen-bond donors (Lipinski definition) is 4. The van der Waals surface area contributed by atoms with Crippen LogP contribution in [0.2, 0.25) is 0 Å². The van der Waals surface area contributed by atoms with Gasteiger partial charge >= 0.3 is 0 Å². The second-order valence-electron chi connectivity index (χ2n) is 16.2. The lowest BCUT2D eigenvalue weighted by atomic mass is 9.88. The number of carbonyl (C=O) groups is 3. The molecule has 3 fully saturated rings. The fourth-order valence-electron chi connectivity index (χ4n) is 8.51. The number of anilines is 4. The summed E-state index contributed by atoms with van der Waals surface area (Å²) in [5, 5.41) is 6.25. The molecule has 0 aliphatic carbocycles. The van der Waals surface area contributed by atoms with Crippen LogP contribution in [0.4, 0.5) is 27.4 Å². The van der Waals surface area contributed by atoms with Crippen LogP contribution in [0.25, 0.3) is 32.4 Å². The number of halogens is 1. The minimum absolute atomic E-state index is 0.0616. The maximum Gasteiger partial charge on any atom is 0.249 e. The van der Waals surface area contributed by atoms with Gasteiger partial charge in [-0.2, -0.15) is 0 Å². The summed E-state index contributed by atoms with van der Waals surface area (Å²) in [5.74, 6) is -0.451. The molecule has 3 aliphatic heterocycles. The van der Waals surface area contributed by atoms with Crippen molar-refractivity contribution in [2.24, 2.45) is 5.92 Å². The fourth-order valence-corrected chi connectivity index (χ4v) is 10.7. The Bertz CT molecular complexity index is 2540. The van der Waals surface area contributed by atoms with E-state index in [-0.39, 0.29) is 40.7 Å². The maximum atomic E-state index is 16.1. The first-order chi connectivity index (χ1) is 29.9. The summed E-state index contributed by atoms with van der Waals surface area (Å²) < 4.78 is 43.5. The van der Waals surface area contributed by atoms with Gasteiger partial charge in [0.05, 0.1) is 27.7 Å². The highest BCUT2D eigenvalue weighted by Gasteiger charge is 2.29. The molecule has 5 N–H and O–H groups in total. The highest BCUT2D eigenvalue weighted by molar-refractivity contribution is 7.92. The Balaban J connectivity index is 0.860. The van der Waals surface area contributed by atoms with Crippen molar-refractivity contribution in [3.8, 4) is 32.4 Å². The van der Waals surface area contributed by atoms with Crippen LogP contribution in [-0.4, -0.2) is 84.0 Å². The van der Waals surface area contributed by atoms with Gasteiger partial charge in [0, 0.05) is 67.7 Å². The van der Waals surface area contributed by atoms with Crippen molar-refractivity contribution in [2.45, 2.75) is 70.3 Å². The number of likely N-dealkylation sites (tertiary alicyclic amines) is 1. The zero-order valence-corrected chi connectivity index (χ0v) is 36.1. The molecule has 14 nitrogen and oxygen atoms in total. The van der Waals surface area contributed by atoms with Crippen LogP contribution >= 0.6 is 11.3 Å². The van der Waals surface area contributed by atoms with E-state index >= 15 is 4.39 Å². The summed E-state index contributed by atoms with van der Waals surface area (Å²) in [6.45, 7) is 4.92. The average Bonchev–Trinajstić information content (AvgIpc) is 3.71. The standard InChI is InChI=1S/C45H50FN9O5S2/c1-2-26-62(59,60)53-35-5-3-4-34(40(35)46)41-42(36-16-21-48-45(47)50-36)61-44(52-41)31-8-6-29(7-9-31)30-19-24-55(25-20-30)39(57)27-28-17-22-54(23-18-28)33-12-10-32(11-13-33)49-37-14-15-38(56)51-43(37)58/h3-13,16,21,28,30,37,49,53H,2,14-15,17-20,22-27H2,1H3,(H2,47,48,50)(H,51,56,58)/t37-/m0/s1. The lowest BCUT2D eigenvalue weighted by Gasteiger charge is -2.36. The molecule has 5 aromatic rings. The van der Waals surface area contributed by atoms with Gasteiger partial charge in [0.15, 0.2) is 5.82 Å². The molecule has 0 unspecified atom stereocenters. The van der Waals surface area contributed by atoms with Crippen molar-refractivity contribution < 1.29 is 27.2 Å². The number of nitrogens with zero attached hydrogens (tertiary/aromatic N) is 5. The summed E-state index contributed by atoms with van der Waals surface area (Å²) in [4.78, 5) is 55.3. The van der Waals surface area contributed by atoms with E-state index in [0.717, 1.165) is 55.7 Å². The fraction of sp³-hybridized carbons (Fsp3) is 0.378. The Morgan fingerprint density at radius 3 is 2.37 bits per heavy atom. The van der Waals surface area contributed by atoms with Gasteiger partial charge in [0.25, 0.3) is 0 Å². The maximum absolute atomic E-state index is 16.1. The molecule has 1 atom stereocenters. The molecule has 3 saturated heterocycles. The number of nitrogens with one attached hydrogen (secondary N) is 3. The Morgan fingerprint density at radius 2 is 1.68 bits per heavy atom. The highest BCUT2D eigenvalue weighted by Crippen LogP contribution is 2.42. The van der Waals surface area contributed by atoms with E-state index in [4.69, 9.17) is 10.7 Å². The number of nitrogens with two attached hydrogens (primary N) is 1. The van der Waals surface area contributed by atoms with Gasteiger partial charge in [-0.05, 0) is 98.4 Å². The predicted molar refractivity (Wildman–Crippen MR) is 240 cm³/mol. The summed E-state index contributed by atoms with van der Waals surface area (Å²) in [6.07, 6.45) is 6.92. The van der Waals surface area contributed by atoms with Gasteiger partial charge in [-0.3, -0.25) is 24.4 Å². The summed E-state index contributed by atoms with van der Waals surface area (Å²) in [5.41, 5.74) is 10.7. The lowest BCUT2D eigenvalue weighted by molar-refractivity contribution is -0.134. The van der Waals surface area contributed by atoms with Crippen molar-refractivity contribution in [3.05, 3.63) is 90.4 Å². The molecule has 17 heteroatoms. The Kier molecular flexibility index (Phi) is 12.8. The van der Waals surface area contributed by atoms with E-state index < -0.39 is 21.9 Å².